The highest BCUT2D eigenvalue weighted by Crippen LogP contribution is 2.25. The zero-order chi connectivity index (χ0) is 39.5. The summed E-state index contributed by atoms with van der Waals surface area (Å²) in [6.45, 7) is 8.67. The Labute approximate surface area is 323 Å². The van der Waals surface area contributed by atoms with Gasteiger partial charge in [0.2, 0.25) is 15.9 Å². The molecular weight excluding hydrogens is 719 g/mol. The maximum absolute atomic E-state index is 14.4. The molecule has 0 radical (unpaired) electrons. The molecule has 14 heteroatoms. The third-order valence-corrected chi connectivity index (χ3v) is 11.7. The van der Waals surface area contributed by atoms with Gasteiger partial charge in [0, 0.05) is 44.5 Å². The molecule has 1 saturated heterocycles. The summed E-state index contributed by atoms with van der Waals surface area (Å²) in [5, 5.41) is 26.8. The highest BCUT2D eigenvalue weighted by molar-refractivity contribution is 7.89. The number of aliphatic hydroxyl groups excluding tert-OH is 1. The number of aliphatic hydroxyl groups is 1. The second-order valence-electron chi connectivity index (χ2n) is 14.4. The molecule has 3 N–H and O–H groups in total. The molecule has 3 amide bonds. The summed E-state index contributed by atoms with van der Waals surface area (Å²) in [4.78, 5) is 40.1. The molecule has 292 valence electrons. The molecule has 55 heavy (non-hydrogen) atoms. The molecule has 1 aliphatic heterocycles. The predicted molar refractivity (Wildman–Crippen MR) is 211 cm³/mol. The number of nitrogens with one attached hydrogen (secondary N) is 1. The molecule has 5 rings (SSSR count). The van der Waals surface area contributed by atoms with Crippen molar-refractivity contribution >= 4 is 28.2 Å². The number of hydrogen-bond donors (Lipinski definition) is 3. The van der Waals surface area contributed by atoms with Gasteiger partial charge in [0.15, 0.2) is 0 Å². The number of aromatic nitrogens is 2. The molecule has 3 aromatic carbocycles. The number of sulfonamides is 1. The summed E-state index contributed by atoms with van der Waals surface area (Å²) in [7, 11) is -4.07. The standard InChI is InChI=1S/C41H51N7O6S/c1-5-30(4)39(48-21-20-46(41(48)51)26-33-12-9-13-34(22-33)36-18-19-42-28-43-36)40(50)45-37(23-31-10-7-6-8-11-31)38(49)27-47(25-29(2)3)55(53,54)35-16-14-32(15-17-35)24-44-52/h6-19,22,24,28-30,37-39,49,52H,5,20-21,23,25-27H2,1-4H3,(H,45,50)/b44-24+/t30-,37-,38+,39-/m0/s1. The van der Waals surface area contributed by atoms with E-state index in [1.54, 1.807) is 16.0 Å². The Bertz CT molecular complexity index is 2000. The fourth-order valence-electron chi connectivity index (χ4n) is 6.82. The molecule has 4 aromatic rings. The molecule has 1 aromatic heterocycles. The summed E-state index contributed by atoms with van der Waals surface area (Å²) in [5.41, 5.74) is 3.98. The number of hydrogen-bond acceptors (Lipinski definition) is 9. The van der Waals surface area contributed by atoms with Crippen molar-refractivity contribution in [3.05, 3.63) is 114 Å². The van der Waals surface area contributed by atoms with Gasteiger partial charge in [0.05, 0.1) is 28.9 Å². The van der Waals surface area contributed by atoms with Gasteiger partial charge in [0.25, 0.3) is 0 Å². The van der Waals surface area contributed by atoms with Crippen LogP contribution < -0.4 is 5.32 Å². The first-order chi connectivity index (χ1) is 26.4. The van der Waals surface area contributed by atoms with Gasteiger partial charge in [-0.05, 0) is 59.2 Å². The van der Waals surface area contributed by atoms with Crippen LogP contribution >= 0.6 is 0 Å². The van der Waals surface area contributed by atoms with Crippen LogP contribution in [-0.2, 0) is 27.8 Å². The van der Waals surface area contributed by atoms with Gasteiger partial charge in [-0.15, -0.1) is 0 Å². The summed E-state index contributed by atoms with van der Waals surface area (Å²) in [6, 6.07) is 23.0. The van der Waals surface area contributed by atoms with Crippen LogP contribution in [0, 0.1) is 11.8 Å². The second kappa shape index (κ2) is 18.9. The van der Waals surface area contributed by atoms with Crippen molar-refractivity contribution in [3.63, 3.8) is 0 Å². The number of urea groups is 1. The molecule has 0 bridgehead atoms. The van der Waals surface area contributed by atoms with E-state index in [4.69, 9.17) is 5.21 Å². The maximum Gasteiger partial charge on any atom is 0.321 e. The quantitative estimate of drug-likeness (QED) is 0.0719. The van der Waals surface area contributed by atoms with Gasteiger partial charge < -0.3 is 25.4 Å². The van der Waals surface area contributed by atoms with E-state index in [0.717, 1.165) is 22.4 Å². The van der Waals surface area contributed by atoms with E-state index in [-0.39, 0.29) is 42.3 Å². The lowest BCUT2D eigenvalue weighted by molar-refractivity contribution is -0.128. The lowest BCUT2D eigenvalue weighted by Gasteiger charge is -2.35. The van der Waals surface area contributed by atoms with Crippen LogP contribution in [-0.4, -0.2) is 105 Å². The first-order valence-corrected chi connectivity index (χ1v) is 20.1. The molecule has 4 atom stereocenters. The zero-order valence-electron chi connectivity index (χ0n) is 31.8. The SMILES string of the molecule is CC[C@H](C)[C@@H](C(=O)N[C@@H](Cc1ccccc1)[C@H](O)CN(CC(C)C)S(=O)(=O)c1ccc(/C=N/O)cc1)N1CCN(Cc2cccc(-c3ccncn3)c2)C1=O. The second-order valence-corrected chi connectivity index (χ2v) is 16.4. The van der Waals surface area contributed by atoms with E-state index in [9.17, 15) is 23.1 Å². The molecule has 2 heterocycles. The van der Waals surface area contributed by atoms with E-state index >= 15 is 0 Å². The van der Waals surface area contributed by atoms with E-state index < -0.39 is 34.1 Å². The fourth-order valence-corrected chi connectivity index (χ4v) is 8.44. The topological polar surface area (TPSA) is 169 Å². The normalized spacial score (nSPS) is 15.8. The smallest absolute Gasteiger partial charge is 0.321 e. The van der Waals surface area contributed by atoms with Gasteiger partial charge in [0.1, 0.15) is 12.4 Å². The Morgan fingerprint density at radius 3 is 2.36 bits per heavy atom. The number of carbonyl (C=O) groups excluding carboxylic acids is 2. The molecule has 13 nitrogen and oxygen atoms in total. The van der Waals surface area contributed by atoms with E-state index in [1.807, 2.05) is 88.4 Å². The van der Waals surface area contributed by atoms with Crippen LogP contribution in [0.3, 0.4) is 0 Å². The van der Waals surface area contributed by atoms with Crippen LogP contribution in [0.15, 0.2) is 108 Å². The van der Waals surface area contributed by atoms with E-state index in [1.165, 1.54) is 41.1 Å². The van der Waals surface area contributed by atoms with Crippen LogP contribution in [0.5, 0.6) is 0 Å². The number of amides is 3. The molecule has 0 unspecified atom stereocenters. The monoisotopic (exact) mass is 769 g/mol. The summed E-state index contributed by atoms with van der Waals surface area (Å²) in [5.74, 6) is -0.690. The molecule has 0 saturated carbocycles. The van der Waals surface area contributed by atoms with Crippen LogP contribution in [0.1, 0.15) is 50.8 Å². The van der Waals surface area contributed by atoms with Crippen molar-refractivity contribution in [1.29, 1.82) is 0 Å². The fraction of sp³-hybridized carbons (Fsp3) is 0.390. The Balaban J connectivity index is 1.36. The van der Waals surface area contributed by atoms with Crippen LogP contribution in [0.4, 0.5) is 4.79 Å². The first-order valence-electron chi connectivity index (χ1n) is 18.6. The minimum Gasteiger partial charge on any atom is -0.411 e. The predicted octanol–water partition coefficient (Wildman–Crippen LogP) is 5.04. The van der Waals surface area contributed by atoms with E-state index in [0.29, 0.717) is 31.6 Å². The average Bonchev–Trinajstić information content (AvgIpc) is 3.53. The molecule has 0 aliphatic carbocycles. The first kappa shape index (κ1) is 41.0. The number of benzene rings is 3. The van der Waals surface area contributed by atoms with Crippen molar-refractivity contribution in [1.82, 2.24) is 29.4 Å². The van der Waals surface area contributed by atoms with Gasteiger partial charge in [-0.1, -0.05) is 99.9 Å². The Hall–Kier alpha value is -5.18. The summed E-state index contributed by atoms with van der Waals surface area (Å²) >= 11 is 0. The van der Waals surface area contributed by atoms with E-state index in [2.05, 4.69) is 20.4 Å². The minimum absolute atomic E-state index is 0.0220. The number of oxime groups is 1. The highest BCUT2D eigenvalue weighted by atomic mass is 32.2. The Morgan fingerprint density at radius 2 is 1.71 bits per heavy atom. The highest BCUT2D eigenvalue weighted by Gasteiger charge is 2.41. The van der Waals surface area contributed by atoms with Crippen LogP contribution in [0.2, 0.25) is 0 Å². The van der Waals surface area contributed by atoms with Crippen LogP contribution in [0.25, 0.3) is 11.3 Å². The molecular formula is C41H51N7O6S. The maximum atomic E-state index is 14.4. The van der Waals surface area contributed by atoms with Crippen molar-refractivity contribution in [2.45, 2.75) is 70.2 Å². The van der Waals surface area contributed by atoms with Gasteiger partial charge in [-0.25, -0.2) is 23.2 Å². The largest absolute Gasteiger partial charge is 0.411 e. The van der Waals surface area contributed by atoms with Crippen molar-refractivity contribution in [3.8, 4) is 11.3 Å². The van der Waals surface area contributed by atoms with Crippen molar-refractivity contribution < 1.29 is 28.3 Å². The number of rotatable bonds is 18. The lowest BCUT2D eigenvalue weighted by Crippen LogP contribution is -2.57. The van der Waals surface area contributed by atoms with Gasteiger partial charge in [-0.3, -0.25) is 4.79 Å². The third-order valence-electron chi connectivity index (χ3n) is 9.87. The third kappa shape index (κ3) is 10.5. The van der Waals surface area contributed by atoms with Crippen molar-refractivity contribution in [2.75, 3.05) is 26.2 Å². The van der Waals surface area contributed by atoms with Gasteiger partial charge in [-0.2, -0.15) is 4.31 Å². The van der Waals surface area contributed by atoms with Crippen molar-refractivity contribution in [2.24, 2.45) is 17.0 Å². The molecule has 1 fully saturated rings. The lowest BCUT2D eigenvalue weighted by atomic mass is 9.95. The zero-order valence-corrected chi connectivity index (χ0v) is 32.6. The summed E-state index contributed by atoms with van der Waals surface area (Å²) in [6.07, 6.45) is 3.93. The molecule has 1 aliphatic rings. The van der Waals surface area contributed by atoms with Gasteiger partial charge >= 0.3 is 6.03 Å². The Morgan fingerprint density at radius 1 is 0.982 bits per heavy atom. The minimum atomic E-state index is -4.07. The average molecular weight is 770 g/mol. The number of nitrogens with zero attached hydrogens (tertiary/aromatic N) is 6. The molecule has 0 spiro atoms. The number of carbonyl (C=O) groups is 2. The Kier molecular flexibility index (Phi) is 14.1. The summed E-state index contributed by atoms with van der Waals surface area (Å²) < 4.78 is 29.2.